The summed E-state index contributed by atoms with van der Waals surface area (Å²) in [6.45, 7) is 3.27. The van der Waals surface area contributed by atoms with Crippen LogP contribution in [0.2, 0.25) is 5.02 Å². The smallest absolute Gasteiger partial charge is 0.0803 e. The van der Waals surface area contributed by atoms with Crippen LogP contribution in [0.3, 0.4) is 0 Å². The third kappa shape index (κ3) is 3.61. The number of aliphatic hydroxyl groups excluding tert-OH is 1. The van der Waals surface area contributed by atoms with Crippen LogP contribution < -0.4 is 5.73 Å². The van der Waals surface area contributed by atoms with E-state index < -0.39 is 6.10 Å². The van der Waals surface area contributed by atoms with Gasteiger partial charge >= 0.3 is 0 Å². The Bertz CT molecular complexity index is 391. The van der Waals surface area contributed by atoms with Gasteiger partial charge in [0.05, 0.1) is 16.8 Å². The highest BCUT2D eigenvalue weighted by molar-refractivity contribution is 6.33. The second-order valence-corrected chi connectivity index (χ2v) is 5.39. The quantitative estimate of drug-likeness (QED) is 0.826. The molecule has 1 fully saturated rings. The van der Waals surface area contributed by atoms with E-state index >= 15 is 0 Å². The van der Waals surface area contributed by atoms with Crippen molar-refractivity contribution in [2.45, 2.75) is 31.8 Å². The number of aliphatic hydroxyl groups is 1. The van der Waals surface area contributed by atoms with Gasteiger partial charge in [-0.1, -0.05) is 24.1 Å². The van der Waals surface area contributed by atoms with Gasteiger partial charge in [0.25, 0.3) is 0 Å². The van der Waals surface area contributed by atoms with E-state index in [0.29, 0.717) is 10.7 Å². The van der Waals surface area contributed by atoms with Crippen molar-refractivity contribution in [3.05, 3.63) is 28.8 Å². The molecule has 1 aromatic carbocycles. The minimum atomic E-state index is -0.452. The highest BCUT2D eigenvalue weighted by Crippen LogP contribution is 2.25. The third-order valence-electron chi connectivity index (χ3n) is 3.57. The van der Waals surface area contributed by atoms with E-state index in [0.717, 1.165) is 31.6 Å². The molecular weight excluding hydrogens is 248 g/mol. The van der Waals surface area contributed by atoms with Crippen molar-refractivity contribution in [1.29, 1.82) is 0 Å². The maximum Gasteiger partial charge on any atom is 0.0803 e. The SMILES string of the molecule is Nc1cc(C(O)CCN2CCCCC2)ccc1Cl. The van der Waals surface area contributed by atoms with E-state index in [4.69, 9.17) is 17.3 Å². The Morgan fingerprint density at radius 3 is 2.67 bits per heavy atom. The van der Waals surface area contributed by atoms with Gasteiger partial charge in [0, 0.05) is 6.54 Å². The number of nitrogens with zero attached hydrogens (tertiary/aromatic N) is 1. The van der Waals surface area contributed by atoms with Gasteiger partial charge in [-0.25, -0.2) is 0 Å². The number of hydrogen-bond acceptors (Lipinski definition) is 3. The van der Waals surface area contributed by atoms with Crippen molar-refractivity contribution in [1.82, 2.24) is 4.90 Å². The molecule has 0 spiro atoms. The fraction of sp³-hybridized carbons (Fsp3) is 0.571. The van der Waals surface area contributed by atoms with Crippen LogP contribution in [0.1, 0.15) is 37.4 Å². The standard InChI is InChI=1S/C14H21ClN2O/c15-12-5-4-11(10-13(12)16)14(18)6-9-17-7-2-1-3-8-17/h4-5,10,14,18H,1-3,6-9,16H2. The fourth-order valence-electron chi connectivity index (χ4n) is 2.42. The first kappa shape index (κ1) is 13.7. The zero-order valence-electron chi connectivity index (χ0n) is 10.6. The molecule has 1 saturated heterocycles. The maximum absolute atomic E-state index is 10.1. The molecule has 0 radical (unpaired) electrons. The van der Waals surface area contributed by atoms with Crippen LogP contribution in [-0.4, -0.2) is 29.6 Å². The normalized spacial score (nSPS) is 18.8. The van der Waals surface area contributed by atoms with Crippen molar-refractivity contribution < 1.29 is 5.11 Å². The monoisotopic (exact) mass is 268 g/mol. The van der Waals surface area contributed by atoms with Crippen LogP contribution in [0.5, 0.6) is 0 Å². The first-order valence-electron chi connectivity index (χ1n) is 6.62. The van der Waals surface area contributed by atoms with Crippen LogP contribution >= 0.6 is 11.6 Å². The molecule has 1 unspecified atom stereocenters. The number of piperidine rings is 1. The summed E-state index contributed by atoms with van der Waals surface area (Å²) in [7, 11) is 0. The minimum absolute atomic E-state index is 0.452. The molecule has 1 heterocycles. The zero-order chi connectivity index (χ0) is 13.0. The molecule has 1 aliphatic rings. The second kappa shape index (κ2) is 6.41. The highest BCUT2D eigenvalue weighted by atomic mass is 35.5. The van der Waals surface area contributed by atoms with Crippen molar-refractivity contribution in [2.24, 2.45) is 0 Å². The zero-order valence-corrected chi connectivity index (χ0v) is 11.4. The molecule has 2 rings (SSSR count). The third-order valence-corrected chi connectivity index (χ3v) is 3.92. The van der Waals surface area contributed by atoms with Crippen LogP contribution in [0, 0.1) is 0 Å². The lowest BCUT2D eigenvalue weighted by Gasteiger charge is -2.27. The van der Waals surface area contributed by atoms with Crippen molar-refractivity contribution in [2.75, 3.05) is 25.4 Å². The molecule has 0 bridgehead atoms. The summed E-state index contributed by atoms with van der Waals surface area (Å²) in [6, 6.07) is 5.36. The van der Waals surface area contributed by atoms with Gasteiger partial charge in [0.15, 0.2) is 0 Å². The van der Waals surface area contributed by atoms with Gasteiger partial charge in [-0.2, -0.15) is 0 Å². The van der Waals surface area contributed by atoms with Crippen molar-refractivity contribution in [3.8, 4) is 0 Å². The molecule has 1 aliphatic heterocycles. The number of hydrogen-bond donors (Lipinski definition) is 2. The molecule has 0 amide bonds. The molecule has 0 aromatic heterocycles. The molecule has 18 heavy (non-hydrogen) atoms. The molecule has 3 N–H and O–H groups in total. The van der Waals surface area contributed by atoms with Crippen molar-refractivity contribution >= 4 is 17.3 Å². The number of anilines is 1. The Hall–Kier alpha value is -0.770. The fourth-order valence-corrected chi connectivity index (χ4v) is 2.54. The molecule has 0 saturated carbocycles. The summed E-state index contributed by atoms with van der Waals surface area (Å²) in [5.41, 5.74) is 7.13. The number of rotatable bonds is 4. The summed E-state index contributed by atoms with van der Waals surface area (Å²) >= 11 is 5.87. The molecule has 100 valence electrons. The molecule has 4 heteroatoms. The van der Waals surface area contributed by atoms with E-state index in [1.54, 1.807) is 12.1 Å². The van der Waals surface area contributed by atoms with E-state index in [2.05, 4.69) is 4.90 Å². The molecule has 1 aromatic rings. The Morgan fingerprint density at radius 1 is 1.28 bits per heavy atom. The highest BCUT2D eigenvalue weighted by Gasteiger charge is 2.14. The van der Waals surface area contributed by atoms with Gasteiger partial charge in [0.2, 0.25) is 0 Å². The van der Waals surface area contributed by atoms with Crippen LogP contribution in [0.15, 0.2) is 18.2 Å². The average molecular weight is 269 g/mol. The topological polar surface area (TPSA) is 49.5 Å². The van der Waals surface area contributed by atoms with E-state index in [1.807, 2.05) is 6.07 Å². The first-order chi connectivity index (χ1) is 8.66. The van der Waals surface area contributed by atoms with Gasteiger partial charge in [0.1, 0.15) is 0 Å². The van der Waals surface area contributed by atoms with E-state index in [-0.39, 0.29) is 0 Å². The summed E-state index contributed by atoms with van der Waals surface area (Å²) in [4.78, 5) is 2.42. The number of likely N-dealkylation sites (tertiary alicyclic amines) is 1. The lowest BCUT2D eigenvalue weighted by molar-refractivity contribution is 0.134. The Kier molecular flexibility index (Phi) is 4.87. The van der Waals surface area contributed by atoms with Gasteiger partial charge < -0.3 is 15.7 Å². The molecule has 1 atom stereocenters. The number of nitrogens with two attached hydrogens (primary N) is 1. The Morgan fingerprint density at radius 2 is 2.00 bits per heavy atom. The maximum atomic E-state index is 10.1. The molecule has 3 nitrogen and oxygen atoms in total. The number of halogens is 1. The summed E-state index contributed by atoms with van der Waals surface area (Å²) in [6.07, 6.45) is 4.20. The minimum Gasteiger partial charge on any atom is -0.398 e. The van der Waals surface area contributed by atoms with E-state index in [9.17, 15) is 5.11 Å². The number of benzene rings is 1. The predicted molar refractivity (Wildman–Crippen MR) is 75.7 cm³/mol. The first-order valence-corrected chi connectivity index (χ1v) is 7.00. The van der Waals surface area contributed by atoms with Crippen LogP contribution in [0.4, 0.5) is 5.69 Å². The Labute approximate surface area is 114 Å². The Balaban J connectivity index is 1.86. The second-order valence-electron chi connectivity index (χ2n) is 4.99. The molecular formula is C14H21ClN2O. The lowest BCUT2D eigenvalue weighted by atomic mass is 10.0. The van der Waals surface area contributed by atoms with Gasteiger partial charge in [-0.15, -0.1) is 0 Å². The van der Waals surface area contributed by atoms with Gasteiger partial charge in [-0.05, 0) is 50.0 Å². The summed E-state index contributed by atoms with van der Waals surface area (Å²) in [5, 5.41) is 10.7. The average Bonchev–Trinajstić information content (AvgIpc) is 2.40. The van der Waals surface area contributed by atoms with Crippen LogP contribution in [-0.2, 0) is 0 Å². The number of nitrogen functional groups attached to an aromatic ring is 1. The van der Waals surface area contributed by atoms with Crippen LogP contribution in [0.25, 0.3) is 0 Å². The van der Waals surface area contributed by atoms with E-state index in [1.165, 1.54) is 19.3 Å². The van der Waals surface area contributed by atoms with Gasteiger partial charge in [-0.3, -0.25) is 0 Å². The molecule has 0 aliphatic carbocycles. The lowest BCUT2D eigenvalue weighted by Crippen LogP contribution is -2.31. The summed E-state index contributed by atoms with van der Waals surface area (Å²) < 4.78 is 0. The summed E-state index contributed by atoms with van der Waals surface area (Å²) in [5.74, 6) is 0. The largest absolute Gasteiger partial charge is 0.398 e. The van der Waals surface area contributed by atoms with Crippen molar-refractivity contribution in [3.63, 3.8) is 0 Å². The predicted octanol–water partition coefficient (Wildman–Crippen LogP) is 2.83.